The van der Waals surface area contributed by atoms with Crippen LogP contribution in [0.5, 0.6) is 0 Å². The number of rotatable bonds is 7. The molecule has 150 valence electrons. The van der Waals surface area contributed by atoms with Crippen molar-refractivity contribution in [3.8, 4) is 0 Å². The monoisotopic (exact) mass is 374 g/mol. The molecular formula is C21H34N4O2. The van der Waals surface area contributed by atoms with Crippen molar-refractivity contribution in [1.82, 2.24) is 20.1 Å². The molecule has 2 saturated heterocycles. The normalized spacial score (nSPS) is 21.2. The van der Waals surface area contributed by atoms with E-state index >= 15 is 0 Å². The lowest BCUT2D eigenvalue weighted by Gasteiger charge is -2.34. The van der Waals surface area contributed by atoms with Crippen LogP contribution in [0.4, 0.5) is 0 Å². The summed E-state index contributed by atoms with van der Waals surface area (Å²) < 4.78 is 5.48. The Bertz CT molecular complexity index is 540. The maximum absolute atomic E-state index is 12.5. The molecule has 6 heteroatoms. The van der Waals surface area contributed by atoms with Gasteiger partial charge in [0.15, 0.2) is 0 Å². The number of nitrogens with zero attached hydrogens (tertiary/aromatic N) is 3. The Morgan fingerprint density at radius 3 is 2.52 bits per heavy atom. The van der Waals surface area contributed by atoms with Crippen molar-refractivity contribution in [3.05, 3.63) is 30.1 Å². The van der Waals surface area contributed by atoms with Gasteiger partial charge in [0.05, 0.1) is 24.9 Å². The number of aromatic nitrogens is 1. The number of amides is 1. The van der Waals surface area contributed by atoms with Gasteiger partial charge < -0.3 is 15.0 Å². The molecule has 2 fully saturated rings. The molecule has 27 heavy (non-hydrogen) atoms. The van der Waals surface area contributed by atoms with Gasteiger partial charge in [-0.25, -0.2) is 0 Å². The molecule has 1 aromatic heterocycles. The van der Waals surface area contributed by atoms with E-state index in [1.54, 1.807) is 0 Å². The lowest BCUT2D eigenvalue weighted by atomic mass is 10.1. The molecular weight excluding hydrogens is 340 g/mol. The fraction of sp³-hybridized carbons (Fsp3) is 0.714. The summed E-state index contributed by atoms with van der Waals surface area (Å²) in [5.74, 6) is 0.145. The topological polar surface area (TPSA) is 57.7 Å². The van der Waals surface area contributed by atoms with Crippen LogP contribution in [0, 0.1) is 0 Å². The number of pyridine rings is 1. The minimum atomic E-state index is 0.112. The Hall–Kier alpha value is -1.50. The summed E-state index contributed by atoms with van der Waals surface area (Å²) in [6.45, 7) is 7.00. The molecule has 0 unspecified atom stereocenters. The number of hydrogen-bond donors (Lipinski definition) is 1. The number of likely N-dealkylation sites (tertiary alicyclic amines) is 1. The Morgan fingerprint density at radius 2 is 1.81 bits per heavy atom. The first-order valence-electron chi connectivity index (χ1n) is 10.5. The van der Waals surface area contributed by atoms with Gasteiger partial charge in [0.2, 0.25) is 5.91 Å². The number of hydrogen-bond acceptors (Lipinski definition) is 5. The number of morpholine rings is 1. The van der Waals surface area contributed by atoms with Crippen molar-refractivity contribution in [2.24, 2.45) is 0 Å². The van der Waals surface area contributed by atoms with Gasteiger partial charge in [0, 0.05) is 38.8 Å². The fourth-order valence-electron chi connectivity index (χ4n) is 3.98. The molecule has 1 amide bonds. The van der Waals surface area contributed by atoms with Gasteiger partial charge in [0.1, 0.15) is 0 Å². The van der Waals surface area contributed by atoms with Crippen LogP contribution in [0.25, 0.3) is 0 Å². The molecule has 6 nitrogen and oxygen atoms in total. The predicted molar refractivity (Wildman–Crippen MR) is 107 cm³/mol. The minimum absolute atomic E-state index is 0.112. The summed E-state index contributed by atoms with van der Waals surface area (Å²) in [7, 11) is 0. The van der Waals surface area contributed by atoms with Gasteiger partial charge >= 0.3 is 0 Å². The van der Waals surface area contributed by atoms with Crippen molar-refractivity contribution >= 4 is 5.91 Å². The molecule has 0 spiro atoms. The first kappa shape index (κ1) is 20.2. The highest BCUT2D eigenvalue weighted by Gasteiger charge is 2.24. The van der Waals surface area contributed by atoms with Crippen molar-refractivity contribution in [2.75, 3.05) is 52.5 Å². The first-order valence-corrected chi connectivity index (χ1v) is 10.5. The van der Waals surface area contributed by atoms with Crippen LogP contribution in [-0.4, -0.2) is 73.2 Å². The maximum Gasteiger partial charge on any atom is 0.221 e. The number of ether oxygens (including phenoxy) is 1. The standard InChI is InChI=1S/C21H34N4O2/c26-21(9-13-24-11-6-2-1-3-7-12-24)23-18-20(19-8-4-5-10-22-19)25-14-16-27-17-15-25/h4-5,8,10,20H,1-3,6-7,9,11-18H2,(H,23,26)/t20-/m0/s1. The summed E-state index contributed by atoms with van der Waals surface area (Å²) in [5.41, 5.74) is 1.02. The molecule has 2 aliphatic heterocycles. The number of carbonyl (C=O) groups excluding carboxylic acids is 1. The van der Waals surface area contributed by atoms with E-state index in [9.17, 15) is 4.79 Å². The van der Waals surface area contributed by atoms with Crippen molar-refractivity contribution in [2.45, 2.75) is 44.6 Å². The highest BCUT2D eigenvalue weighted by atomic mass is 16.5. The third kappa shape index (κ3) is 6.87. The predicted octanol–water partition coefficient (Wildman–Crippen LogP) is 2.23. The van der Waals surface area contributed by atoms with E-state index in [1.165, 1.54) is 32.1 Å². The Morgan fingerprint density at radius 1 is 1.07 bits per heavy atom. The van der Waals surface area contributed by atoms with Gasteiger partial charge in [-0.2, -0.15) is 0 Å². The minimum Gasteiger partial charge on any atom is -0.379 e. The van der Waals surface area contributed by atoms with Gasteiger partial charge in [-0.05, 0) is 38.1 Å². The van der Waals surface area contributed by atoms with Crippen molar-refractivity contribution < 1.29 is 9.53 Å². The maximum atomic E-state index is 12.5. The molecule has 1 aromatic rings. The highest BCUT2D eigenvalue weighted by molar-refractivity contribution is 5.76. The van der Waals surface area contributed by atoms with Crippen LogP contribution < -0.4 is 5.32 Å². The van der Waals surface area contributed by atoms with Crippen LogP contribution in [0.1, 0.15) is 50.3 Å². The lowest BCUT2D eigenvalue weighted by Crippen LogP contribution is -2.44. The molecule has 0 aromatic carbocycles. The molecule has 0 aliphatic carbocycles. The quantitative estimate of drug-likeness (QED) is 0.793. The second kappa shape index (κ2) is 11.4. The number of nitrogens with one attached hydrogen (secondary N) is 1. The number of carbonyl (C=O) groups is 1. The van der Waals surface area contributed by atoms with E-state index in [-0.39, 0.29) is 11.9 Å². The van der Waals surface area contributed by atoms with E-state index in [0.717, 1.165) is 51.6 Å². The smallest absolute Gasteiger partial charge is 0.221 e. The van der Waals surface area contributed by atoms with Gasteiger partial charge in [-0.3, -0.25) is 14.7 Å². The summed E-state index contributed by atoms with van der Waals surface area (Å²) in [5, 5.41) is 3.16. The molecule has 3 heterocycles. The van der Waals surface area contributed by atoms with E-state index in [4.69, 9.17) is 4.74 Å². The SMILES string of the molecule is O=C(CCN1CCCCCCC1)NC[C@@H](c1ccccn1)N1CCOCC1. The third-order valence-corrected chi connectivity index (χ3v) is 5.61. The van der Waals surface area contributed by atoms with Gasteiger partial charge in [-0.1, -0.05) is 25.3 Å². The van der Waals surface area contributed by atoms with Crippen LogP contribution in [-0.2, 0) is 9.53 Å². The molecule has 0 radical (unpaired) electrons. The summed E-state index contributed by atoms with van der Waals surface area (Å²) in [4.78, 5) is 21.8. The average molecular weight is 375 g/mol. The zero-order chi connectivity index (χ0) is 18.7. The zero-order valence-electron chi connectivity index (χ0n) is 16.4. The van der Waals surface area contributed by atoms with E-state index in [2.05, 4.69) is 20.1 Å². The van der Waals surface area contributed by atoms with Crippen LogP contribution >= 0.6 is 0 Å². The molecule has 3 rings (SSSR count). The first-order chi connectivity index (χ1) is 13.3. The van der Waals surface area contributed by atoms with Crippen LogP contribution in [0.3, 0.4) is 0 Å². The van der Waals surface area contributed by atoms with Gasteiger partial charge in [-0.15, -0.1) is 0 Å². The molecule has 1 N–H and O–H groups in total. The second-order valence-corrected chi connectivity index (χ2v) is 7.58. The molecule has 0 saturated carbocycles. The third-order valence-electron chi connectivity index (χ3n) is 5.61. The average Bonchev–Trinajstić information content (AvgIpc) is 2.69. The van der Waals surface area contributed by atoms with Crippen LogP contribution in [0.2, 0.25) is 0 Å². The molecule has 2 aliphatic rings. The summed E-state index contributed by atoms with van der Waals surface area (Å²) >= 11 is 0. The van der Waals surface area contributed by atoms with Gasteiger partial charge in [0.25, 0.3) is 0 Å². The lowest BCUT2D eigenvalue weighted by molar-refractivity contribution is -0.121. The Labute approximate surface area is 163 Å². The Kier molecular flexibility index (Phi) is 8.52. The largest absolute Gasteiger partial charge is 0.379 e. The van der Waals surface area contributed by atoms with E-state index < -0.39 is 0 Å². The van der Waals surface area contributed by atoms with Crippen LogP contribution in [0.15, 0.2) is 24.4 Å². The second-order valence-electron chi connectivity index (χ2n) is 7.58. The van der Waals surface area contributed by atoms with Crippen molar-refractivity contribution in [1.29, 1.82) is 0 Å². The van der Waals surface area contributed by atoms with E-state index in [0.29, 0.717) is 13.0 Å². The Balaban J connectivity index is 1.48. The highest BCUT2D eigenvalue weighted by Crippen LogP contribution is 2.19. The van der Waals surface area contributed by atoms with E-state index in [1.807, 2.05) is 24.4 Å². The van der Waals surface area contributed by atoms with Crippen molar-refractivity contribution in [3.63, 3.8) is 0 Å². The molecule has 1 atom stereocenters. The summed E-state index contributed by atoms with van der Waals surface area (Å²) in [6.07, 6.45) is 8.96. The molecule has 0 bridgehead atoms. The fourth-order valence-corrected chi connectivity index (χ4v) is 3.98. The summed E-state index contributed by atoms with van der Waals surface area (Å²) in [6, 6.07) is 6.11. The zero-order valence-corrected chi connectivity index (χ0v) is 16.4.